The number of benzene rings is 2. The fourth-order valence-electron chi connectivity index (χ4n) is 6.22. The third-order valence-corrected chi connectivity index (χ3v) is 8.66. The minimum absolute atomic E-state index is 0.0982. The molecule has 2 N–H and O–H groups in total. The van der Waals surface area contributed by atoms with Gasteiger partial charge in [-0.2, -0.15) is 5.26 Å². The molecule has 45 heavy (non-hydrogen) atoms. The number of nitrogens with one attached hydrogen (secondary N) is 2. The van der Waals surface area contributed by atoms with E-state index in [-0.39, 0.29) is 12.1 Å². The maximum absolute atomic E-state index is 11.9. The molecule has 3 saturated heterocycles. The van der Waals surface area contributed by atoms with Gasteiger partial charge in [-0.1, -0.05) is 6.07 Å². The lowest BCUT2D eigenvalue weighted by Gasteiger charge is -2.40. The first-order chi connectivity index (χ1) is 22.0. The van der Waals surface area contributed by atoms with Gasteiger partial charge in [-0.25, -0.2) is 14.8 Å². The van der Waals surface area contributed by atoms with E-state index in [4.69, 9.17) is 14.2 Å². The van der Waals surface area contributed by atoms with Gasteiger partial charge in [-0.3, -0.25) is 4.90 Å². The summed E-state index contributed by atoms with van der Waals surface area (Å²) in [5.41, 5.74) is 3.95. The first kappa shape index (κ1) is 30.4. The van der Waals surface area contributed by atoms with Crippen molar-refractivity contribution in [2.45, 2.75) is 31.9 Å². The number of aromatic nitrogens is 2. The average Bonchev–Trinajstić information content (AvgIpc) is 3.49. The van der Waals surface area contributed by atoms with Crippen LogP contribution in [0.4, 0.5) is 22.1 Å². The monoisotopic (exact) mass is 612 g/mol. The van der Waals surface area contributed by atoms with Gasteiger partial charge < -0.3 is 34.6 Å². The van der Waals surface area contributed by atoms with Gasteiger partial charge in [0.15, 0.2) is 0 Å². The number of morpholine rings is 1. The smallest absolute Gasteiger partial charge is 0.317 e. The number of methoxy groups -OCH3 is 1. The van der Waals surface area contributed by atoms with Gasteiger partial charge in [-0.05, 0) is 49.6 Å². The molecule has 12 nitrogen and oxygen atoms in total. The number of carbonyl (C=O) groups excluding carboxylic acids is 1. The van der Waals surface area contributed by atoms with E-state index in [0.717, 1.165) is 80.5 Å². The Labute approximate surface area is 263 Å². The maximum Gasteiger partial charge on any atom is 0.317 e. The molecule has 3 aliphatic heterocycles. The summed E-state index contributed by atoms with van der Waals surface area (Å²) in [6.07, 6.45) is 5.47. The van der Waals surface area contributed by atoms with Gasteiger partial charge >= 0.3 is 6.03 Å². The summed E-state index contributed by atoms with van der Waals surface area (Å²) >= 11 is 0. The van der Waals surface area contributed by atoms with Gasteiger partial charge in [0.05, 0.1) is 38.1 Å². The summed E-state index contributed by atoms with van der Waals surface area (Å²) in [4.78, 5) is 27.7. The molecule has 1 aromatic heterocycles. The number of nitrogens with zero attached hydrogens (tertiary/aromatic N) is 6. The second kappa shape index (κ2) is 14.0. The molecule has 0 aliphatic carbocycles. The highest BCUT2D eigenvalue weighted by atomic mass is 16.5. The van der Waals surface area contributed by atoms with E-state index in [1.807, 2.05) is 25.1 Å². The van der Waals surface area contributed by atoms with Crippen LogP contribution < -0.4 is 25.0 Å². The van der Waals surface area contributed by atoms with E-state index in [0.29, 0.717) is 42.9 Å². The lowest BCUT2D eigenvalue weighted by molar-refractivity contribution is 0.0115. The quantitative estimate of drug-likeness (QED) is 0.348. The summed E-state index contributed by atoms with van der Waals surface area (Å²) in [5, 5.41) is 15.7. The molecule has 2 aromatic carbocycles. The zero-order valence-corrected chi connectivity index (χ0v) is 25.9. The number of carbonyl (C=O) groups is 1. The fourth-order valence-corrected chi connectivity index (χ4v) is 6.22. The summed E-state index contributed by atoms with van der Waals surface area (Å²) in [6, 6.07) is 14.3. The number of amides is 2. The molecule has 4 heterocycles. The molecule has 3 fully saturated rings. The van der Waals surface area contributed by atoms with E-state index in [1.54, 1.807) is 30.5 Å². The number of piperidine rings is 1. The van der Waals surface area contributed by atoms with Gasteiger partial charge in [0.1, 0.15) is 23.7 Å². The topological polar surface area (TPSA) is 128 Å². The zero-order valence-electron chi connectivity index (χ0n) is 25.9. The van der Waals surface area contributed by atoms with Crippen molar-refractivity contribution in [1.82, 2.24) is 25.1 Å². The molecule has 0 bridgehead atoms. The lowest BCUT2D eigenvalue weighted by atomic mass is 10.0. The van der Waals surface area contributed by atoms with Gasteiger partial charge in [0.25, 0.3) is 0 Å². The van der Waals surface area contributed by atoms with Crippen molar-refractivity contribution in [3.63, 3.8) is 0 Å². The van der Waals surface area contributed by atoms with Gasteiger partial charge in [0, 0.05) is 75.0 Å². The Bertz CT molecular complexity index is 1510. The standard InChI is InChI=1S/C33H40N8O4/c1-23(22-41-12-9-35-33(41)42)45-30-17-24(3-4-25(30)19-34)26-20-36-32(37-21-26)38-29-6-5-28(18-31(29)43-2)39-10-7-27(8-11-39)40-13-15-44-16-14-40/h3-6,17-18,20-21,23,27H,7-16,22H2,1-2H3,(H,35,42)(H,36,37,38)/t23-/m0/s1. The normalized spacial score (nSPS) is 18.3. The Morgan fingerprint density at radius 1 is 1.04 bits per heavy atom. The number of nitriles is 1. The van der Waals surface area contributed by atoms with Crippen molar-refractivity contribution in [1.29, 1.82) is 5.26 Å². The van der Waals surface area contributed by atoms with E-state index >= 15 is 0 Å². The van der Waals surface area contributed by atoms with Crippen molar-refractivity contribution in [3.05, 3.63) is 54.4 Å². The van der Waals surface area contributed by atoms with E-state index in [2.05, 4.69) is 48.6 Å². The largest absolute Gasteiger partial charge is 0.494 e. The van der Waals surface area contributed by atoms with Crippen LogP contribution in [0.3, 0.4) is 0 Å². The van der Waals surface area contributed by atoms with Crippen LogP contribution in [-0.4, -0.2) is 104 Å². The van der Waals surface area contributed by atoms with Crippen molar-refractivity contribution in [2.24, 2.45) is 0 Å². The van der Waals surface area contributed by atoms with Crippen molar-refractivity contribution in [3.8, 4) is 28.7 Å². The van der Waals surface area contributed by atoms with Crippen LogP contribution in [0.2, 0.25) is 0 Å². The number of rotatable bonds is 10. The third-order valence-electron chi connectivity index (χ3n) is 8.66. The van der Waals surface area contributed by atoms with Crippen LogP contribution in [0.5, 0.6) is 11.5 Å². The first-order valence-electron chi connectivity index (χ1n) is 15.6. The maximum atomic E-state index is 11.9. The molecule has 12 heteroatoms. The predicted molar refractivity (Wildman–Crippen MR) is 171 cm³/mol. The summed E-state index contributed by atoms with van der Waals surface area (Å²) < 4.78 is 17.4. The molecule has 6 rings (SSSR count). The molecule has 0 spiro atoms. The number of anilines is 3. The van der Waals surface area contributed by atoms with E-state index in [1.165, 1.54) is 0 Å². The van der Waals surface area contributed by atoms with Gasteiger partial charge in [-0.15, -0.1) is 0 Å². The number of ether oxygens (including phenoxy) is 3. The van der Waals surface area contributed by atoms with Crippen LogP contribution in [0.15, 0.2) is 48.8 Å². The van der Waals surface area contributed by atoms with Gasteiger partial charge in [0.2, 0.25) is 5.95 Å². The summed E-state index contributed by atoms with van der Waals surface area (Å²) in [7, 11) is 1.67. The molecule has 2 amide bonds. The summed E-state index contributed by atoms with van der Waals surface area (Å²) in [6.45, 7) is 9.36. The van der Waals surface area contributed by atoms with Crippen molar-refractivity contribution in [2.75, 3.05) is 76.4 Å². The van der Waals surface area contributed by atoms with Crippen LogP contribution >= 0.6 is 0 Å². The molecule has 3 aromatic rings. The minimum Gasteiger partial charge on any atom is -0.494 e. The second-order valence-electron chi connectivity index (χ2n) is 11.6. The molecular weight excluding hydrogens is 572 g/mol. The minimum atomic E-state index is -0.290. The molecular formula is C33H40N8O4. The zero-order chi connectivity index (χ0) is 31.2. The number of urea groups is 1. The number of hydrogen-bond donors (Lipinski definition) is 2. The van der Waals surface area contributed by atoms with Crippen LogP contribution in [0, 0.1) is 11.3 Å². The molecule has 0 radical (unpaired) electrons. The molecule has 3 aliphatic rings. The fraction of sp³-hybridized carbons (Fsp3) is 0.455. The Morgan fingerprint density at radius 3 is 2.51 bits per heavy atom. The SMILES string of the molecule is COc1cc(N2CCC(N3CCOCC3)CC2)ccc1Nc1ncc(-c2ccc(C#N)c(O[C@@H](C)CN3CCNC3=O)c2)cn1. The van der Waals surface area contributed by atoms with Crippen molar-refractivity contribution < 1.29 is 19.0 Å². The highest BCUT2D eigenvalue weighted by Crippen LogP contribution is 2.34. The Balaban J connectivity index is 1.09. The average molecular weight is 613 g/mol. The molecule has 1 atom stereocenters. The van der Waals surface area contributed by atoms with Crippen LogP contribution in [-0.2, 0) is 4.74 Å². The highest BCUT2D eigenvalue weighted by Gasteiger charge is 2.26. The first-order valence-corrected chi connectivity index (χ1v) is 15.6. The Hall–Kier alpha value is -4.60. The lowest BCUT2D eigenvalue weighted by Crippen LogP contribution is -2.49. The summed E-state index contributed by atoms with van der Waals surface area (Å²) in [5.74, 6) is 1.63. The Kier molecular flexibility index (Phi) is 9.47. The van der Waals surface area contributed by atoms with Crippen molar-refractivity contribution >= 4 is 23.4 Å². The molecule has 0 unspecified atom stereocenters. The highest BCUT2D eigenvalue weighted by molar-refractivity contribution is 5.76. The molecule has 0 saturated carbocycles. The van der Waals surface area contributed by atoms with E-state index < -0.39 is 0 Å². The Morgan fingerprint density at radius 2 is 1.82 bits per heavy atom. The van der Waals surface area contributed by atoms with Crippen LogP contribution in [0.25, 0.3) is 11.1 Å². The third kappa shape index (κ3) is 7.21. The number of hydrogen-bond acceptors (Lipinski definition) is 10. The van der Waals surface area contributed by atoms with E-state index in [9.17, 15) is 10.1 Å². The van der Waals surface area contributed by atoms with Crippen LogP contribution in [0.1, 0.15) is 25.3 Å². The molecule has 236 valence electrons. The second-order valence-corrected chi connectivity index (χ2v) is 11.6. The predicted octanol–water partition coefficient (Wildman–Crippen LogP) is 3.86.